The second kappa shape index (κ2) is 8.35. The third-order valence-corrected chi connectivity index (χ3v) is 6.46. The average Bonchev–Trinajstić information content (AvgIpc) is 3.43. The molecule has 0 aliphatic carbocycles. The highest BCUT2D eigenvalue weighted by molar-refractivity contribution is 7.13. The van der Waals surface area contributed by atoms with Gasteiger partial charge in [-0.2, -0.15) is 0 Å². The molecule has 1 saturated heterocycles. The van der Waals surface area contributed by atoms with Crippen molar-refractivity contribution in [3.8, 4) is 10.6 Å². The zero-order valence-corrected chi connectivity index (χ0v) is 18.2. The van der Waals surface area contributed by atoms with Gasteiger partial charge in [-0.25, -0.2) is 31.9 Å². The maximum absolute atomic E-state index is 14.7. The molecule has 6 nitrogen and oxygen atoms in total. The van der Waals surface area contributed by atoms with Crippen molar-refractivity contribution in [3.05, 3.63) is 59.1 Å². The van der Waals surface area contributed by atoms with E-state index >= 15 is 0 Å². The van der Waals surface area contributed by atoms with Crippen LogP contribution in [0, 0.1) is 17.5 Å². The van der Waals surface area contributed by atoms with Gasteiger partial charge >= 0.3 is 0 Å². The summed E-state index contributed by atoms with van der Waals surface area (Å²) >= 11 is 1.09. The SMILES string of the molecule is O=C(Nc1c[nH]c2cc(F)c(F)cc12)c1csc(-c2cnc(N3CCC(F)(F)CC3)c(F)c2)n1. The molecular formula is C22H16F5N5OS. The van der Waals surface area contributed by atoms with Crippen LogP contribution in [0.2, 0.25) is 0 Å². The van der Waals surface area contributed by atoms with E-state index in [2.05, 4.69) is 20.3 Å². The second-order valence-electron chi connectivity index (χ2n) is 7.88. The minimum absolute atomic E-state index is 0.00220. The third-order valence-electron chi connectivity index (χ3n) is 5.57. The van der Waals surface area contributed by atoms with E-state index < -0.39 is 29.3 Å². The lowest BCUT2D eigenvalue weighted by Gasteiger charge is -2.32. The highest BCUT2D eigenvalue weighted by Gasteiger charge is 2.35. The summed E-state index contributed by atoms with van der Waals surface area (Å²) in [4.78, 5) is 25.2. The lowest BCUT2D eigenvalue weighted by atomic mass is 10.1. The number of hydrogen-bond donors (Lipinski definition) is 2. The van der Waals surface area contributed by atoms with E-state index in [0.29, 0.717) is 21.5 Å². The van der Waals surface area contributed by atoms with Crippen LogP contribution in [-0.2, 0) is 0 Å². The quantitative estimate of drug-likeness (QED) is 0.364. The van der Waals surface area contributed by atoms with Crippen molar-refractivity contribution in [3.63, 3.8) is 0 Å². The molecule has 1 fully saturated rings. The van der Waals surface area contributed by atoms with Gasteiger partial charge in [0, 0.05) is 60.7 Å². The summed E-state index contributed by atoms with van der Waals surface area (Å²) in [5.74, 6) is -6.07. The molecule has 5 rings (SSSR count). The molecule has 1 aromatic carbocycles. The van der Waals surface area contributed by atoms with Crippen LogP contribution in [0.3, 0.4) is 0 Å². The van der Waals surface area contributed by atoms with Crippen LogP contribution in [0.4, 0.5) is 33.5 Å². The van der Waals surface area contributed by atoms with Gasteiger partial charge in [-0.1, -0.05) is 0 Å². The molecule has 0 atom stereocenters. The van der Waals surface area contributed by atoms with E-state index in [-0.39, 0.29) is 43.1 Å². The number of nitrogens with one attached hydrogen (secondary N) is 2. The molecule has 0 saturated carbocycles. The van der Waals surface area contributed by atoms with Crippen molar-refractivity contribution in [1.82, 2.24) is 15.0 Å². The summed E-state index contributed by atoms with van der Waals surface area (Å²) in [6.07, 6.45) is 2.06. The Bertz CT molecular complexity index is 1390. The zero-order valence-electron chi connectivity index (χ0n) is 17.3. The van der Waals surface area contributed by atoms with Crippen LogP contribution >= 0.6 is 11.3 Å². The number of piperidine rings is 1. The molecule has 2 N–H and O–H groups in total. The standard InChI is InChI=1S/C22H16F5N5OS/c23-13-6-12-16(7-14(13)24)28-9-17(12)30-20(33)18-10-34-21(31-18)11-5-15(25)19(29-8-11)32-3-1-22(26,27)2-4-32/h5-10,28H,1-4H2,(H,30,33). The molecule has 1 aliphatic rings. The predicted molar refractivity (Wildman–Crippen MR) is 118 cm³/mol. The van der Waals surface area contributed by atoms with E-state index in [9.17, 15) is 26.7 Å². The Morgan fingerprint density at radius 1 is 1.09 bits per heavy atom. The van der Waals surface area contributed by atoms with Crippen molar-refractivity contribution < 1.29 is 26.7 Å². The Labute approximate surface area is 193 Å². The van der Waals surface area contributed by atoms with Crippen molar-refractivity contribution >= 4 is 39.7 Å². The number of alkyl halides is 2. The van der Waals surface area contributed by atoms with E-state index in [1.165, 1.54) is 28.7 Å². The van der Waals surface area contributed by atoms with Gasteiger partial charge in [0.25, 0.3) is 11.8 Å². The average molecular weight is 493 g/mol. The summed E-state index contributed by atoms with van der Waals surface area (Å²) < 4.78 is 68.4. The first-order chi connectivity index (χ1) is 16.2. The monoisotopic (exact) mass is 493 g/mol. The Balaban J connectivity index is 1.32. The molecule has 0 bridgehead atoms. The van der Waals surface area contributed by atoms with E-state index in [0.717, 1.165) is 23.5 Å². The first-order valence-electron chi connectivity index (χ1n) is 10.2. The number of halogens is 5. The molecule has 1 amide bonds. The minimum Gasteiger partial charge on any atom is -0.359 e. The first-order valence-corrected chi connectivity index (χ1v) is 11.1. The fourth-order valence-electron chi connectivity index (χ4n) is 3.74. The van der Waals surface area contributed by atoms with Crippen LogP contribution in [0.5, 0.6) is 0 Å². The number of benzene rings is 1. The number of hydrogen-bond acceptors (Lipinski definition) is 5. The molecule has 3 aromatic heterocycles. The number of carbonyl (C=O) groups is 1. The number of amides is 1. The summed E-state index contributed by atoms with van der Waals surface area (Å²) in [6, 6.07) is 3.16. The van der Waals surface area contributed by atoms with Crippen molar-refractivity contribution in [1.29, 1.82) is 0 Å². The van der Waals surface area contributed by atoms with Crippen molar-refractivity contribution in [2.24, 2.45) is 0 Å². The minimum atomic E-state index is -2.75. The molecule has 0 unspecified atom stereocenters. The number of aromatic amines is 1. The fourth-order valence-corrected chi connectivity index (χ4v) is 4.52. The topological polar surface area (TPSA) is 73.9 Å². The summed E-state index contributed by atoms with van der Waals surface area (Å²) in [7, 11) is 0. The molecule has 1 aliphatic heterocycles. The van der Waals surface area contributed by atoms with Gasteiger partial charge in [0.2, 0.25) is 0 Å². The molecule has 0 spiro atoms. The van der Waals surface area contributed by atoms with E-state index in [1.807, 2.05) is 0 Å². The fraction of sp³-hybridized carbons (Fsp3) is 0.227. The summed E-state index contributed by atoms with van der Waals surface area (Å²) in [5, 5.41) is 4.69. The highest BCUT2D eigenvalue weighted by atomic mass is 32.1. The molecule has 4 aromatic rings. The Hall–Kier alpha value is -3.54. The normalized spacial score (nSPS) is 15.6. The number of H-pyrrole nitrogens is 1. The number of fused-ring (bicyclic) bond motifs is 1. The van der Waals surface area contributed by atoms with Gasteiger partial charge in [0.1, 0.15) is 10.7 Å². The van der Waals surface area contributed by atoms with Crippen LogP contribution in [0.25, 0.3) is 21.5 Å². The van der Waals surface area contributed by atoms with Gasteiger partial charge < -0.3 is 15.2 Å². The van der Waals surface area contributed by atoms with Gasteiger partial charge in [0.05, 0.1) is 11.2 Å². The predicted octanol–water partition coefficient (Wildman–Crippen LogP) is 5.59. The molecule has 0 radical (unpaired) electrons. The second-order valence-corrected chi connectivity index (χ2v) is 8.74. The number of nitrogens with zero attached hydrogens (tertiary/aromatic N) is 3. The van der Waals surface area contributed by atoms with Crippen LogP contribution in [0.1, 0.15) is 23.3 Å². The molecular weight excluding hydrogens is 477 g/mol. The number of anilines is 2. The Morgan fingerprint density at radius 3 is 2.56 bits per heavy atom. The number of pyridine rings is 1. The number of carbonyl (C=O) groups excluding carboxylic acids is 1. The largest absolute Gasteiger partial charge is 0.359 e. The van der Waals surface area contributed by atoms with Crippen molar-refractivity contribution in [2.75, 3.05) is 23.3 Å². The van der Waals surface area contributed by atoms with Crippen LogP contribution in [-0.4, -0.2) is 39.9 Å². The van der Waals surface area contributed by atoms with Gasteiger partial charge in [-0.05, 0) is 12.1 Å². The zero-order chi connectivity index (χ0) is 24.0. The smallest absolute Gasteiger partial charge is 0.275 e. The summed E-state index contributed by atoms with van der Waals surface area (Å²) in [5.41, 5.74) is 0.932. The summed E-state index contributed by atoms with van der Waals surface area (Å²) in [6.45, 7) is 0.00440. The Kier molecular flexibility index (Phi) is 5.47. The number of rotatable bonds is 4. The van der Waals surface area contributed by atoms with Gasteiger partial charge in [-0.15, -0.1) is 11.3 Å². The van der Waals surface area contributed by atoms with Gasteiger partial charge in [-0.3, -0.25) is 4.79 Å². The Morgan fingerprint density at radius 2 is 1.82 bits per heavy atom. The van der Waals surface area contributed by atoms with Crippen LogP contribution < -0.4 is 10.2 Å². The number of aromatic nitrogens is 3. The maximum atomic E-state index is 14.7. The van der Waals surface area contributed by atoms with Crippen molar-refractivity contribution in [2.45, 2.75) is 18.8 Å². The highest BCUT2D eigenvalue weighted by Crippen LogP contribution is 2.33. The molecule has 4 heterocycles. The van der Waals surface area contributed by atoms with Gasteiger partial charge in [0.15, 0.2) is 23.3 Å². The lowest BCUT2D eigenvalue weighted by molar-refractivity contribution is -0.0222. The third kappa shape index (κ3) is 4.20. The molecule has 12 heteroatoms. The maximum Gasteiger partial charge on any atom is 0.275 e. The molecule has 176 valence electrons. The lowest BCUT2D eigenvalue weighted by Crippen LogP contribution is -2.40. The molecule has 34 heavy (non-hydrogen) atoms. The number of thiazole rings is 1. The van der Waals surface area contributed by atoms with Crippen LogP contribution in [0.15, 0.2) is 36.0 Å². The van der Waals surface area contributed by atoms with E-state index in [1.54, 1.807) is 0 Å². The van der Waals surface area contributed by atoms with E-state index in [4.69, 9.17) is 0 Å². The first kappa shape index (κ1) is 22.3.